The Balaban J connectivity index is 2.22. The molecule has 2 aromatic carbocycles. The zero-order chi connectivity index (χ0) is 11.8. The Bertz CT molecular complexity index is 557. The lowest BCUT2D eigenvalue weighted by Gasteiger charge is -2.12. The first-order valence-corrected chi connectivity index (χ1v) is 6.21. The maximum absolute atomic E-state index is 5.76. The van der Waals surface area contributed by atoms with E-state index in [1.165, 1.54) is 27.8 Å². The van der Waals surface area contributed by atoms with Crippen LogP contribution in [0.3, 0.4) is 0 Å². The number of aryl methyl sites for hydroxylation is 1. The number of nitrogens with two attached hydrogens (primary N) is 1. The molecule has 0 fully saturated rings. The largest absolute Gasteiger partial charge is 0.330 e. The first kappa shape index (κ1) is 10.5. The monoisotopic (exact) mass is 223 g/mol. The SMILES string of the molecule is Cc1ccc2c(c1)C(CCN)c1ccccc1-2. The van der Waals surface area contributed by atoms with Crippen molar-refractivity contribution >= 4 is 0 Å². The molecule has 1 atom stereocenters. The van der Waals surface area contributed by atoms with Crippen LogP contribution in [0.15, 0.2) is 42.5 Å². The van der Waals surface area contributed by atoms with Gasteiger partial charge in [0.25, 0.3) is 0 Å². The number of benzene rings is 2. The third-order valence-electron chi connectivity index (χ3n) is 3.66. The van der Waals surface area contributed by atoms with Gasteiger partial charge in [-0.25, -0.2) is 0 Å². The summed E-state index contributed by atoms with van der Waals surface area (Å²) in [7, 11) is 0. The van der Waals surface area contributed by atoms with Gasteiger partial charge in [-0.05, 0) is 42.1 Å². The first-order valence-electron chi connectivity index (χ1n) is 6.21. The van der Waals surface area contributed by atoms with Crippen molar-refractivity contribution in [2.45, 2.75) is 19.3 Å². The van der Waals surface area contributed by atoms with Crippen molar-refractivity contribution in [1.82, 2.24) is 0 Å². The summed E-state index contributed by atoms with van der Waals surface area (Å²) in [6, 6.07) is 15.5. The Morgan fingerprint density at radius 2 is 1.76 bits per heavy atom. The van der Waals surface area contributed by atoms with Gasteiger partial charge in [-0.1, -0.05) is 48.0 Å². The Morgan fingerprint density at radius 1 is 1.00 bits per heavy atom. The molecule has 0 heterocycles. The van der Waals surface area contributed by atoms with Gasteiger partial charge in [0.05, 0.1) is 0 Å². The van der Waals surface area contributed by atoms with Gasteiger partial charge < -0.3 is 5.73 Å². The molecule has 3 rings (SSSR count). The summed E-state index contributed by atoms with van der Waals surface area (Å²) in [5.41, 5.74) is 12.8. The normalized spacial score (nSPS) is 16.7. The minimum absolute atomic E-state index is 0.492. The highest BCUT2D eigenvalue weighted by Crippen LogP contribution is 2.46. The maximum atomic E-state index is 5.76. The maximum Gasteiger partial charge on any atom is 0.0114 e. The van der Waals surface area contributed by atoms with Crippen molar-refractivity contribution in [1.29, 1.82) is 0 Å². The average Bonchev–Trinajstić information content (AvgIpc) is 2.65. The minimum atomic E-state index is 0.492. The zero-order valence-electron chi connectivity index (χ0n) is 10.1. The molecule has 0 aromatic heterocycles. The molecule has 2 aromatic rings. The Kier molecular flexibility index (Phi) is 2.49. The van der Waals surface area contributed by atoms with Crippen molar-refractivity contribution in [2.24, 2.45) is 5.73 Å². The second kappa shape index (κ2) is 4.01. The molecule has 17 heavy (non-hydrogen) atoms. The molecule has 0 amide bonds. The van der Waals surface area contributed by atoms with E-state index in [4.69, 9.17) is 5.73 Å². The summed E-state index contributed by atoms with van der Waals surface area (Å²) in [6.45, 7) is 2.90. The van der Waals surface area contributed by atoms with E-state index in [-0.39, 0.29) is 0 Å². The fraction of sp³-hybridized carbons (Fsp3) is 0.250. The van der Waals surface area contributed by atoms with E-state index in [0.29, 0.717) is 5.92 Å². The van der Waals surface area contributed by atoms with E-state index in [9.17, 15) is 0 Å². The van der Waals surface area contributed by atoms with Crippen molar-refractivity contribution in [2.75, 3.05) is 6.54 Å². The van der Waals surface area contributed by atoms with Crippen LogP contribution in [0.5, 0.6) is 0 Å². The van der Waals surface area contributed by atoms with Crippen molar-refractivity contribution in [3.63, 3.8) is 0 Å². The molecule has 0 saturated carbocycles. The second-order valence-electron chi connectivity index (χ2n) is 4.81. The lowest BCUT2D eigenvalue weighted by atomic mass is 9.93. The summed E-state index contributed by atoms with van der Waals surface area (Å²) >= 11 is 0. The summed E-state index contributed by atoms with van der Waals surface area (Å²) in [6.07, 6.45) is 1.04. The number of rotatable bonds is 2. The fourth-order valence-corrected chi connectivity index (χ4v) is 2.91. The van der Waals surface area contributed by atoms with Crippen LogP contribution < -0.4 is 5.73 Å². The molecule has 86 valence electrons. The van der Waals surface area contributed by atoms with Crippen molar-refractivity contribution in [3.05, 3.63) is 59.2 Å². The van der Waals surface area contributed by atoms with Crippen LogP contribution in [0.1, 0.15) is 29.0 Å². The standard InChI is InChI=1S/C16H17N/c1-11-6-7-14-12-4-2-3-5-13(12)15(8-9-17)16(14)10-11/h2-7,10,15H,8-9,17H2,1H3. The average molecular weight is 223 g/mol. The van der Waals surface area contributed by atoms with Gasteiger partial charge in [0, 0.05) is 5.92 Å². The van der Waals surface area contributed by atoms with E-state index in [1.54, 1.807) is 0 Å². The van der Waals surface area contributed by atoms with Crippen LogP contribution >= 0.6 is 0 Å². The van der Waals surface area contributed by atoms with Crippen LogP contribution in [-0.2, 0) is 0 Å². The van der Waals surface area contributed by atoms with Gasteiger partial charge in [-0.15, -0.1) is 0 Å². The Morgan fingerprint density at radius 3 is 2.59 bits per heavy atom. The summed E-state index contributed by atoms with van der Waals surface area (Å²) in [5.74, 6) is 0.492. The number of fused-ring (bicyclic) bond motifs is 3. The summed E-state index contributed by atoms with van der Waals surface area (Å²) in [4.78, 5) is 0. The molecule has 0 saturated heterocycles. The fourth-order valence-electron chi connectivity index (χ4n) is 2.91. The van der Waals surface area contributed by atoms with Gasteiger partial charge in [0.15, 0.2) is 0 Å². The van der Waals surface area contributed by atoms with Crippen LogP contribution in [0.25, 0.3) is 11.1 Å². The summed E-state index contributed by atoms with van der Waals surface area (Å²) in [5, 5.41) is 0. The number of hydrogen-bond donors (Lipinski definition) is 1. The quantitative estimate of drug-likeness (QED) is 0.829. The highest BCUT2D eigenvalue weighted by molar-refractivity contribution is 5.79. The van der Waals surface area contributed by atoms with Crippen LogP contribution in [0, 0.1) is 6.92 Å². The van der Waals surface area contributed by atoms with Crippen molar-refractivity contribution < 1.29 is 0 Å². The molecule has 0 spiro atoms. The Labute approximate surface area is 102 Å². The van der Waals surface area contributed by atoms with Crippen molar-refractivity contribution in [3.8, 4) is 11.1 Å². The molecular formula is C16H17N. The summed E-state index contributed by atoms with van der Waals surface area (Å²) < 4.78 is 0. The molecule has 1 heteroatoms. The topological polar surface area (TPSA) is 26.0 Å². The third kappa shape index (κ3) is 1.58. The van der Waals surface area contributed by atoms with Gasteiger partial charge in [0.2, 0.25) is 0 Å². The van der Waals surface area contributed by atoms with Gasteiger partial charge in [-0.3, -0.25) is 0 Å². The molecule has 2 N–H and O–H groups in total. The molecule has 0 radical (unpaired) electrons. The second-order valence-corrected chi connectivity index (χ2v) is 4.81. The van der Waals surface area contributed by atoms with E-state index >= 15 is 0 Å². The predicted octanol–water partition coefficient (Wildman–Crippen LogP) is 3.46. The molecule has 1 aliphatic carbocycles. The minimum Gasteiger partial charge on any atom is -0.330 e. The first-order chi connectivity index (χ1) is 8.31. The van der Waals surface area contributed by atoms with E-state index in [0.717, 1.165) is 13.0 Å². The smallest absolute Gasteiger partial charge is 0.0114 e. The van der Waals surface area contributed by atoms with Gasteiger partial charge in [-0.2, -0.15) is 0 Å². The lowest BCUT2D eigenvalue weighted by Crippen LogP contribution is -2.06. The van der Waals surface area contributed by atoms with E-state index < -0.39 is 0 Å². The Hall–Kier alpha value is -1.60. The van der Waals surface area contributed by atoms with E-state index in [1.807, 2.05) is 0 Å². The predicted molar refractivity (Wildman–Crippen MR) is 72.1 cm³/mol. The third-order valence-corrected chi connectivity index (χ3v) is 3.66. The van der Waals surface area contributed by atoms with Crippen LogP contribution in [0.4, 0.5) is 0 Å². The molecule has 1 aliphatic rings. The van der Waals surface area contributed by atoms with Crippen LogP contribution in [0.2, 0.25) is 0 Å². The highest BCUT2D eigenvalue weighted by atomic mass is 14.5. The molecule has 0 aliphatic heterocycles. The molecule has 1 nitrogen and oxygen atoms in total. The molecule has 0 bridgehead atoms. The molecular weight excluding hydrogens is 206 g/mol. The molecule has 1 unspecified atom stereocenters. The van der Waals surface area contributed by atoms with E-state index in [2.05, 4.69) is 49.4 Å². The zero-order valence-corrected chi connectivity index (χ0v) is 10.1. The van der Waals surface area contributed by atoms with Gasteiger partial charge in [0.1, 0.15) is 0 Å². The number of hydrogen-bond acceptors (Lipinski definition) is 1. The van der Waals surface area contributed by atoms with Crippen LogP contribution in [-0.4, -0.2) is 6.54 Å². The highest BCUT2D eigenvalue weighted by Gasteiger charge is 2.27. The lowest BCUT2D eigenvalue weighted by molar-refractivity contribution is 0.740. The van der Waals surface area contributed by atoms with Gasteiger partial charge >= 0.3 is 0 Å².